The van der Waals surface area contributed by atoms with Crippen molar-refractivity contribution in [2.75, 3.05) is 13.2 Å². The molecule has 2 aliphatic rings. The van der Waals surface area contributed by atoms with Gasteiger partial charge in [0, 0.05) is 50.4 Å². The molecule has 1 aromatic rings. The van der Waals surface area contributed by atoms with Crippen molar-refractivity contribution in [3.8, 4) is 5.88 Å². The van der Waals surface area contributed by atoms with Gasteiger partial charge in [0.1, 0.15) is 11.8 Å². The van der Waals surface area contributed by atoms with E-state index in [0.717, 1.165) is 31.7 Å². The van der Waals surface area contributed by atoms with Crippen molar-refractivity contribution in [3.63, 3.8) is 0 Å². The minimum absolute atomic E-state index is 0.0112. The quantitative estimate of drug-likeness (QED) is 0.874. The van der Waals surface area contributed by atoms with E-state index in [9.17, 15) is 4.79 Å². The second kappa shape index (κ2) is 6.26. The molecule has 1 saturated heterocycles. The van der Waals surface area contributed by atoms with Gasteiger partial charge in [0.2, 0.25) is 5.88 Å². The van der Waals surface area contributed by atoms with Gasteiger partial charge in [0.25, 0.3) is 0 Å². The number of carbonyl (C=O) groups is 1. The number of rotatable bonds is 4. The highest BCUT2D eigenvalue weighted by atomic mass is 16.5. The van der Waals surface area contributed by atoms with Gasteiger partial charge < -0.3 is 19.9 Å². The van der Waals surface area contributed by atoms with Crippen LogP contribution in [0, 0.1) is 0 Å². The van der Waals surface area contributed by atoms with Crippen LogP contribution in [-0.2, 0) is 4.74 Å². The molecule has 1 aliphatic heterocycles. The zero-order chi connectivity index (χ0) is 14.7. The Morgan fingerprint density at radius 2 is 2.00 bits per heavy atom. The smallest absolute Gasteiger partial charge is 0.404 e. The van der Waals surface area contributed by atoms with Crippen LogP contribution in [0.25, 0.3) is 0 Å². The summed E-state index contributed by atoms with van der Waals surface area (Å²) in [5, 5.41) is 11.1. The molecule has 0 radical (unpaired) electrons. The lowest BCUT2D eigenvalue weighted by atomic mass is 9.89. The molecule has 1 aromatic heterocycles. The molecular formula is C14H19N3O4. The highest BCUT2D eigenvalue weighted by molar-refractivity contribution is 5.65. The summed E-state index contributed by atoms with van der Waals surface area (Å²) in [5.41, 5.74) is 0.899. The summed E-state index contributed by atoms with van der Waals surface area (Å²) >= 11 is 0. The number of nitrogens with zero attached hydrogens (tertiary/aromatic N) is 2. The van der Waals surface area contributed by atoms with Gasteiger partial charge >= 0.3 is 6.09 Å². The van der Waals surface area contributed by atoms with Crippen LogP contribution in [0.2, 0.25) is 0 Å². The number of carboxylic acid groups (broad SMARTS) is 1. The Labute approximate surface area is 122 Å². The topological polar surface area (TPSA) is 93.6 Å². The van der Waals surface area contributed by atoms with Crippen molar-refractivity contribution < 1.29 is 19.4 Å². The number of nitrogens with one attached hydrogen (secondary N) is 1. The molecule has 3 rings (SSSR count). The molecule has 0 spiro atoms. The predicted octanol–water partition coefficient (Wildman–Crippen LogP) is 1.55. The Bertz CT molecular complexity index is 499. The van der Waals surface area contributed by atoms with Crippen molar-refractivity contribution in [3.05, 3.63) is 18.1 Å². The molecular weight excluding hydrogens is 274 g/mol. The van der Waals surface area contributed by atoms with E-state index in [1.54, 1.807) is 12.4 Å². The maximum Gasteiger partial charge on any atom is 0.404 e. The molecule has 2 fully saturated rings. The molecule has 1 amide bonds. The number of hydrogen-bond acceptors (Lipinski definition) is 5. The fraction of sp³-hybridized carbons (Fsp3) is 0.643. The van der Waals surface area contributed by atoms with Crippen molar-refractivity contribution in [2.45, 2.75) is 43.7 Å². The standard InChI is InChI=1S/C14H19N3O4/c18-14(19)17-10-7-11(8-10)21-13-12(15-3-4-16-13)9-1-5-20-6-2-9/h3-4,9-11,17H,1-2,5-8H2,(H,18,19)/t10-,11-. The van der Waals surface area contributed by atoms with Gasteiger partial charge in [-0.1, -0.05) is 0 Å². The molecule has 21 heavy (non-hydrogen) atoms. The Balaban J connectivity index is 1.60. The minimum Gasteiger partial charge on any atom is -0.473 e. The molecule has 0 atom stereocenters. The normalized spacial score (nSPS) is 25.9. The highest BCUT2D eigenvalue weighted by Gasteiger charge is 2.33. The van der Waals surface area contributed by atoms with Crippen molar-refractivity contribution in [1.82, 2.24) is 15.3 Å². The Kier molecular flexibility index (Phi) is 4.19. The highest BCUT2D eigenvalue weighted by Crippen LogP contribution is 2.33. The van der Waals surface area contributed by atoms with Crippen LogP contribution in [0.3, 0.4) is 0 Å². The summed E-state index contributed by atoms with van der Waals surface area (Å²) in [4.78, 5) is 19.3. The van der Waals surface area contributed by atoms with E-state index in [2.05, 4.69) is 15.3 Å². The van der Waals surface area contributed by atoms with E-state index in [1.165, 1.54) is 0 Å². The maximum atomic E-state index is 10.5. The molecule has 114 valence electrons. The second-order valence-corrected chi connectivity index (χ2v) is 5.49. The first-order valence-corrected chi connectivity index (χ1v) is 7.27. The third-order valence-corrected chi connectivity index (χ3v) is 4.00. The zero-order valence-corrected chi connectivity index (χ0v) is 11.7. The molecule has 0 unspecified atom stereocenters. The van der Waals surface area contributed by atoms with Crippen LogP contribution >= 0.6 is 0 Å². The molecule has 7 heteroatoms. The van der Waals surface area contributed by atoms with Gasteiger partial charge in [0.05, 0.1) is 0 Å². The monoisotopic (exact) mass is 293 g/mol. The van der Waals surface area contributed by atoms with Gasteiger partial charge in [0.15, 0.2) is 0 Å². The molecule has 7 nitrogen and oxygen atoms in total. The lowest BCUT2D eigenvalue weighted by Gasteiger charge is -2.35. The average molecular weight is 293 g/mol. The van der Waals surface area contributed by atoms with Crippen LogP contribution < -0.4 is 10.1 Å². The molecule has 2 N–H and O–H groups in total. The molecule has 0 bridgehead atoms. The Hall–Kier alpha value is -1.89. The van der Waals surface area contributed by atoms with Gasteiger partial charge in [-0.2, -0.15) is 0 Å². The first-order chi connectivity index (χ1) is 10.2. The van der Waals surface area contributed by atoms with E-state index in [4.69, 9.17) is 14.6 Å². The van der Waals surface area contributed by atoms with E-state index >= 15 is 0 Å². The Morgan fingerprint density at radius 1 is 1.29 bits per heavy atom. The van der Waals surface area contributed by atoms with E-state index in [-0.39, 0.29) is 12.1 Å². The predicted molar refractivity (Wildman–Crippen MR) is 73.4 cm³/mol. The van der Waals surface area contributed by atoms with Crippen molar-refractivity contribution >= 4 is 6.09 Å². The number of aromatic nitrogens is 2. The van der Waals surface area contributed by atoms with E-state index in [0.29, 0.717) is 24.6 Å². The summed E-state index contributed by atoms with van der Waals surface area (Å²) in [6.45, 7) is 1.49. The summed E-state index contributed by atoms with van der Waals surface area (Å²) in [7, 11) is 0. The molecule has 1 aliphatic carbocycles. The largest absolute Gasteiger partial charge is 0.473 e. The third-order valence-electron chi connectivity index (χ3n) is 4.00. The minimum atomic E-state index is -0.985. The zero-order valence-electron chi connectivity index (χ0n) is 11.7. The molecule has 0 aromatic carbocycles. The number of amides is 1. The number of hydrogen-bond donors (Lipinski definition) is 2. The first kappa shape index (κ1) is 14.1. The van der Waals surface area contributed by atoms with Gasteiger partial charge in [-0.25, -0.2) is 9.78 Å². The average Bonchev–Trinajstić information content (AvgIpc) is 2.46. The van der Waals surface area contributed by atoms with Crippen molar-refractivity contribution in [2.24, 2.45) is 0 Å². The lowest BCUT2D eigenvalue weighted by Crippen LogP contribution is -2.48. The van der Waals surface area contributed by atoms with Crippen LogP contribution in [0.4, 0.5) is 4.79 Å². The lowest BCUT2D eigenvalue weighted by molar-refractivity contribution is 0.0698. The van der Waals surface area contributed by atoms with Crippen molar-refractivity contribution in [1.29, 1.82) is 0 Å². The maximum absolute atomic E-state index is 10.5. The summed E-state index contributed by atoms with van der Waals surface area (Å²) in [6.07, 6.45) is 5.56. The first-order valence-electron chi connectivity index (χ1n) is 7.27. The van der Waals surface area contributed by atoms with Crippen LogP contribution in [0.1, 0.15) is 37.3 Å². The number of ether oxygens (including phenoxy) is 2. The third kappa shape index (κ3) is 3.41. The summed E-state index contributed by atoms with van der Waals surface area (Å²) < 4.78 is 11.3. The SMILES string of the molecule is O=C(O)N[C@H]1C[C@H](Oc2nccnc2C2CCOCC2)C1. The van der Waals surface area contributed by atoms with Gasteiger partial charge in [-0.05, 0) is 12.8 Å². The molecule has 1 saturated carbocycles. The van der Waals surface area contributed by atoms with Crippen LogP contribution in [0.5, 0.6) is 5.88 Å². The fourth-order valence-corrected chi connectivity index (χ4v) is 2.79. The Morgan fingerprint density at radius 3 is 2.71 bits per heavy atom. The molecule has 2 heterocycles. The summed E-state index contributed by atoms with van der Waals surface area (Å²) in [6, 6.07) is -0.0179. The second-order valence-electron chi connectivity index (χ2n) is 5.49. The van der Waals surface area contributed by atoms with E-state index in [1.807, 2.05) is 0 Å². The fourth-order valence-electron chi connectivity index (χ4n) is 2.79. The van der Waals surface area contributed by atoms with Crippen LogP contribution in [0.15, 0.2) is 12.4 Å². The summed E-state index contributed by atoms with van der Waals surface area (Å²) in [5.74, 6) is 0.915. The van der Waals surface area contributed by atoms with E-state index < -0.39 is 6.09 Å². The van der Waals surface area contributed by atoms with Gasteiger partial charge in [-0.15, -0.1) is 0 Å². The van der Waals surface area contributed by atoms with Gasteiger partial charge in [-0.3, -0.25) is 4.98 Å². The van der Waals surface area contributed by atoms with Crippen LogP contribution in [-0.4, -0.2) is 46.5 Å².